The fourth-order valence-electron chi connectivity index (χ4n) is 5.05. The molecule has 2 aromatic rings. The predicted molar refractivity (Wildman–Crippen MR) is 97.1 cm³/mol. The van der Waals surface area contributed by atoms with Gasteiger partial charge >= 0.3 is 0 Å². The summed E-state index contributed by atoms with van der Waals surface area (Å²) in [6, 6.07) is 21.3. The molecular weight excluding hydrogens is 294 g/mol. The van der Waals surface area contributed by atoms with Crippen LogP contribution in [0.2, 0.25) is 0 Å². The van der Waals surface area contributed by atoms with Crippen LogP contribution in [0.5, 0.6) is 0 Å². The van der Waals surface area contributed by atoms with Gasteiger partial charge in [-0.05, 0) is 49.9 Å². The van der Waals surface area contributed by atoms with Gasteiger partial charge in [0.2, 0.25) is 0 Å². The van der Waals surface area contributed by atoms with Crippen LogP contribution in [0.1, 0.15) is 42.2 Å². The molecule has 3 fully saturated rings. The Morgan fingerprint density at radius 1 is 0.833 bits per heavy atom. The van der Waals surface area contributed by atoms with Crippen LogP contribution in [0.4, 0.5) is 0 Å². The minimum Gasteiger partial charge on any atom is -0.303 e. The Labute approximate surface area is 144 Å². The van der Waals surface area contributed by atoms with Gasteiger partial charge in [0.05, 0.1) is 0 Å². The lowest BCUT2D eigenvalue weighted by molar-refractivity contribution is -0.138. The number of rotatable bonds is 3. The van der Waals surface area contributed by atoms with Crippen LogP contribution in [-0.2, 0) is 4.79 Å². The molecule has 2 aromatic carbocycles. The fraction of sp³-hybridized carbons (Fsp3) is 0.409. The van der Waals surface area contributed by atoms with Crippen LogP contribution in [-0.4, -0.2) is 30.3 Å². The second-order valence-electron chi connectivity index (χ2n) is 7.73. The molecule has 0 N–H and O–H groups in total. The van der Waals surface area contributed by atoms with E-state index >= 15 is 0 Å². The smallest absolute Gasteiger partial charge is 0.139 e. The highest BCUT2D eigenvalue weighted by Crippen LogP contribution is 2.57. The molecular formula is C22H25NO. The minimum atomic E-state index is -0.00709. The van der Waals surface area contributed by atoms with E-state index in [0.29, 0.717) is 24.0 Å². The number of fused-ring (bicyclic) bond motifs is 3. The second kappa shape index (κ2) is 5.86. The quantitative estimate of drug-likeness (QED) is 0.843. The Morgan fingerprint density at radius 3 is 1.71 bits per heavy atom. The van der Waals surface area contributed by atoms with Gasteiger partial charge in [-0.15, -0.1) is 0 Å². The van der Waals surface area contributed by atoms with E-state index in [1.54, 1.807) is 0 Å². The lowest BCUT2D eigenvalue weighted by Crippen LogP contribution is -2.59. The molecule has 5 rings (SSSR count). The number of carbonyl (C=O) groups excluding carboxylic acids is 1. The minimum absolute atomic E-state index is 0.00709. The lowest BCUT2D eigenvalue weighted by atomic mass is 9.52. The molecule has 3 aliphatic rings. The summed E-state index contributed by atoms with van der Waals surface area (Å²) in [5.74, 6) is 1.23. The first-order chi connectivity index (χ1) is 11.6. The van der Waals surface area contributed by atoms with Gasteiger partial charge < -0.3 is 4.90 Å². The molecule has 3 aliphatic carbocycles. The molecule has 0 spiro atoms. The highest BCUT2D eigenvalue weighted by molar-refractivity contribution is 5.86. The Bertz CT molecular complexity index is 673. The third-order valence-electron chi connectivity index (χ3n) is 6.35. The maximum atomic E-state index is 13.1. The molecule has 124 valence electrons. The molecule has 0 heterocycles. The lowest BCUT2D eigenvalue weighted by Gasteiger charge is -2.56. The van der Waals surface area contributed by atoms with Crippen molar-refractivity contribution in [2.45, 2.75) is 36.6 Å². The standard InChI is InChI=1S/C22H25NO/c1-23(2)22-13-18(16-9-5-3-6-10-16)21(20(24)15-22)19(14-22)17-11-7-4-8-12-17/h3-12,18-19,21H,13-15H2,1-2H3/t18-,19-,21?,22?/m0/s1. The summed E-state index contributed by atoms with van der Waals surface area (Å²) >= 11 is 0. The Morgan fingerprint density at radius 2 is 1.29 bits per heavy atom. The van der Waals surface area contributed by atoms with Crippen LogP contribution < -0.4 is 0 Å². The van der Waals surface area contributed by atoms with E-state index < -0.39 is 0 Å². The summed E-state index contributed by atoms with van der Waals surface area (Å²) in [6.45, 7) is 0. The number of carbonyl (C=O) groups is 1. The van der Waals surface area contributed by atoms with Crippen molar-refractivity contribution in [1.29, 1.82) is 0 Å². The first-order valence-corrected chi connectivity index (χ1v) is 8.91. The van der Waals surface area contributed by atoms with Crippen molar-refractivity contribution in [3.63, 3.8) is 0 Å². The van der Waals surface area contributed by atoms with Crippen LogP contribution in [0.3, 0.4) is 0 Å². The van der Waals surface area contributed by atoms with E-state index in [1.165, 1.54) is 11.1 Å². The van der Waals surface area contributed by atoms with Crippen molar-refractivity contribution in [3.05, 3.63) is 71.8 Å². The average molecular weight is 319 g/mol. The normalized spacial score (nSPS) is 32.3. The van der Waals surface area contributed by atoms with Gasteiger partial charge in [-0.1, -0.05) is 60.7 Å². The SMILES string of the molecule is CN(C)C12CC(=O)C([C@H](c3ccccc3)C1)[C@H](c1ccccc1)C2. The zero-order valence-corrected chi connectivity index (χ0v) is 14.5. The molecule has 24 heavy (non-hydrogen) atoms. The maximum absolute atomic E-state index is 13.1. The largest absolute Gasteiger partial charge is 0.303 e. The molecule has 0 aliphatic heterocycles. The molecule has 0 saturated heterocycles. The molecule has 0 amide bonds. The fourth-order valence-corrected chi connectivity index (χ4v) is 5.05. The first kappa shape index (κ1) is 15.6. The Kier molecular flexibility index (Phi) is 3.80. The average Bonchev–Trinajstić information content (AvgIpc) is 2.62. The van der Waals surface area contributed by atoms with Crippen LogP contribution in [0.15, 0.2) is 60.7 Å². The number of ketones is 1. The topological polar surface area (TPSA) is 20.3 Å². The van der Waals surface area contributed by atoms with Crippen LogP contribution in [0, 0.1) is 5.92 Å². The Balaban J connectivity index is 1.81. The number of benzene rings is 2. The number of Topliss-reactive ketones (excluding diaryl/α,β-unsaturated/α-hetero) is 1. The maximum Gasteiger partial charge on any atom is 0.139 e. The van der Waals surface area contributed by atoms with Gasteiger partial charge in [-0.25, -0.2) is 0 Å². The van der Waals surface area contributed by atoms with Gasteiger partial charge in [-0.3, -0.25) is 4.79 Å². The summed E-state index contributed by atoms with van der Waals surface area (Å²) in [6.07, 6.45) is 2.88. The van der Waals surface area contributed by atoms with Gasteiger partial charge in [0, 0.05) is 17.9 Å². The van der Waals surface area contributed by atoms with E-state index in [4.69, 9.17) is 0 Å². The summed E-state index contributed by atoms with van der Waals surface area (Å²) in [7, 11) is 4.28. The highest BCUT2D eigenvalue weighted by Gasteiger charge is 2.56. The van der Waals surface area contributed by atoms with Crippen molar-refractivity contribution in [3.8, 4) is 0 Å². The summed E-state index contributed by atoms with van der Waals surface area (Å²) in [4.78, 5) is 15.4. The van der Waals surface area contributed by atoms with Gasteiger partial charge in [0.15, 0.2) is 0 Å². The zero-order chi connectivity index (χ0) is 16.7. The number of nitrogens with zero attached hydrogens (tertiary/aromatic N) is 1. The number of hydrogen-bond acceptors (Lipinski definition) is 2. The molecule has 2 bridgehead atoms. The van der Waals surface area contributed by atoms with Crippen molar-refractivity contribution >= 4 is 5.78 Å². The van der Waals surface area contributed by atoms with Crippen molar-refractivity contribution in [1.82, 2.24) is 4.90 Å². The Hall–Kier alpha value is -1.93. The molecule has 0 aromatic heterocycles. The molecule has 0 radical (unpaired) electrons. The van der Waals surface area contributed by atoms with Crippen LogP contribution >= 0.6 is 0 Å². The third-order valence-corrected chi connectivity index (χ3v) is 6.35. The molecule has 2 nitrogen and oxygen atoms in total. The van der Waals surface area contributed by atoms with E-state index in [9.17, 15) is 4.79 Å². The molecule has 2 atom stereocenters. The van der Waals surface area contributed by atoms with Gasteiger partial charge in [0.1, 0.15) is 5.78 Å². The van der Waals surface area contributed by atoms with Crippen LogP contribution in [0.25, 0.3) is 0 Å². The van der Waals surface area contributed by atoms with Crippen molar-refractivity contribution < 1.29 is 4.79 Å². The monoisotopic (exact) mass is 319 g/mol. The number of hydrogen-bond donors (Lipinski definition) is 0. The predicted octanol–water partition coefficient (Wildman–Crippen LogP) is 4.24. The first-order valence-electron chi connectivity index (χ1n) is 8.91. The van der Waals surface area contributed by atoms with E-state index in [2.05, 4.69) is 79.7 Å². The van der Waals surface area contributed by atoms with Crippen molar-refractivity contribution in [2.75, 3.05) is 14.1 Å². The summed E-state index contributed by atoms with van der Waals surface area (Å²) < 4.78 is 0. The van der Waals surface area contributed by atoms with Crippen molar-refractivity contribution in [2.24, 2.45) is 5.92 Å². The molecule has 3 saturated carbocycles. The summed E-state index contributed by atoms with van der Waals surface area (Å²) in [5, 5.41) is 0. The zero-order valence-electron chi connectivity index (χ0n) is 14.5. The highest BCUT2D eigenvalue weighted by atomic mass is 16.1. The van der Waals surface area contributed by atoms with Gasteiger partial charge in [-0.2, -0.15) is 0 Å². The second-order valence-corrected chi connectivity index (χ2v) is 7.73. The molecule has 0 unspecified atom stereocenters. The van der Waals surface area contributed by atoms with E-state index in [0.717, 1.165) is 12.8 Å². The third kappa shape index (κ3) is 2.41. The van der Waals surface area contributed by atoms with E-state index in [-0.39, 0.29) is 11.5 Å². The molecule has 2 heteroatoms. The van der Waals surface area contributed by atoms with E-state index in [1.807, 2.05) is 0 Å². The summed E-state index contributed by atoms with van der Waals surface area (Å²) in [5.41, 5.74) is 2.64. The van der Waals surface area contributed by atoms with Gasteiger partial charge in [0.25, 0.3) is 0 Å².